The molecule has 2 nitrogen and oxygen atoms in total. The molecule has 13 heavy (non-hydrogen) atoms. The summed E-state index contributed by atoms with van der Waals surface area (Å²) in [4.78, 5) is 0. The standard InChI is InChI=1S/C10H16N2S/c1-8-5-13-6-9(8)4-12-7-10(11)2-3-10/h5-6,12H,2-4,7,11H2,1H3. The zero-order valence-corrected chi connectivity index (χ0v) is 8.79. The van der Waals surface area contributed by atoms with Gasteiger partial charge in [-0.1, -0.05) is 0 Å². The van der Waals surface area contributed by atoms with Gasteiger partial charge in [-0.2, -0.15) is 11.3 Å². The maximum atomic E-state index is 5.96. The summed E-state index contributed by atoms with van der Waals surface area (Å²) in [6.45, 7) is 4.08. The third kappa shape index (κ3) is 2.30. The van der Waals surface area contributed by atoms with Crippen molar-refractivity contribution in [3.05, 3.63) is 21.9 Å². The van der Waals surface area contributed by atoms with E-state index in [1.807, 2.05) is 0 Å². The lowest BCUT2D eigenvalue weighted by Crippen LogP contribution is -2.35. The average Bonchev–Trinajstić information content (AvgIpc) is 2.68. The van der Waals surface area contributed by atoms with Crippen molar-refractivity contribution in [2.75, 3.05) is 6.54 Å². The minimum absolute atomic E-state index is 0.129. The van der Waals surface area contributed by atoms with E-state index >= 15 is 0 Å². The molecule has 1 saturated carbocycles. The quantitative estimate of drug-likeness (QED) is 0.768. The Morgan fingerprint density at radius 2 is 2.31 bits per heavy atom. The van der Waals surface area contributed by atoms with Gasteiger partial charge in [0.2, 0.25) is 0 Å². The van der Waals surface area contributed by atoms with Crippen molar-refractivity contribution in [3.63, 3.8) is 0 Å². The van der Waals surface area contributed by atoms with Gasteiger partial charge < -0.3 is 11.1 Å². The second kappa shape index (κ2) is 3.40. The zero-order chi connectivity index (χ0) is 9.31. The lowest BCUT2D eigenvalue weighted by molar-refractivity contribution is 0.569. The van der Waals surface area contributed by atoms with Crippen LogP contribution in [0.2, 0.25) is 0 Å². The molecule has 72 valence electrons. The van der Waals surface area contributed by atoms with E-state index in [0.717, 1.165) is 13.1 Å². The summed E-state index contributed by atoms with van der Waals surface area (Å²) in [7, 11) is 0. The number of aryl methyl sites for hydroxylation is 1. The van der Waals surface area contributed by atoms with E-state index in [2.05, 4.69) is 23.0 Å². The molecular weight excluding hydrogens is 180 g/mol. The molecule has 0 radical (unpaired) electrons. The maximum absolute atomic E-state index is 5.96. The number of hydrogen-bond donors (Lipinski definition) is 2. The Morgan fingerprint density at radius 3 is 2.85 bits per heavy atom. The molecule has 0 bridgehead atoms. The Labute approximate surface area is 83.1 Å². The minimum atomic E-state index is 0.129. The summed E-state index contributed by atoms with van der Waals surface area (Å²) in [6, 6.07) is 0. The van der Waals surface area contributed by atoms with E-state index in [0.29, 0.717) is 0 Å². The summed E-state index contributed by atoms with van der Waals surface area (Å²) >= 11 is 1.77. The molecule has 1 heterocycles. The Hall–Kier alpha value is -0.380. The molecule has 1 aromatic heterocycles. The van der Waals surface area contributed by atoms with Crippen molar-refractivity contribution in [2.24, 2.45) is 5.73 Å². The van der Waals surface area contributed by atoms with Crippen molar-refractivity contribution in [1.82, 2.24) is 5.32 Å². The second-order valence-corrected chi connectivity index (χ2v) is 4.79. The number of nitrogens with two attached hydrogens (primary N) is 1. The predicted molar refractivity (Wildman–Crippen MR) is 56.9 cm³/mol. The van der Waals surface area contributed by atoms with Crippen LogP contribution in [0, 0.1) is 6.92 Å². The third-order valence-corrected chi connectivity index (χ3v) is 3.56. The molecule has 0 amide bonds. The summed E-state index contributed by atoms with van der Waals surface area (Å²) in [5, 5.41) is 7.81. The van der Waals surface area contributed by atoms with Crippen molar-refractivity contribution < 1.29 is 0 Å². The molecule has 1 aromatic rings. The number of rotatable bonds is 4. The topological polar surface area (TPSA) is 38.0 Å². The van der Waals surface area contributed by atoms with Gasteiger partial charge in [-0.3, -0.25) is 0 Å². The van der Waals surface area contributed by atoms with Crippen LogP contribution in [0.4, 0.5) is 0 Å². The first-order chi connectivity index (χ1) is 6.20. The summed E-state index contributed by atoms with van der Waals surface area (Å²) in [6.07, 6.45) is 2.37. The van der Waals surface area contributed by atoms with Crippen molar-refractivity contribution in [3.8, 4) is 0 Å². The molecule has 1 aliphatic rings. The van der Waals surface area contributed by atoms with Crippen LogP contribution in [0.1, 0.15) is 24.0 Å². The molecule has 0 aliphatic heterocycles. The van der Waals surface area contributed by atoms with E-state index in [4.69, 9.17) is 5.73 Å². The second-order valence-electron chi connectivity index (χ2n) is 4.05. The highest BCUT2D eigenvalue weighted by Gasteiger charge is 2.37. The fraction of sp³-hybridized carbons (Fsp3) is 0.600. The molecule has 1 aliphatic carbocycles. The van der Waals surface area contributed by atoms with Gasteiger partial charge >= 0.3 is 0 Å². The van der Waals surface area contributed by atoms with Crippen LogP contribution in [-0.2, 0) is 6.54 Å². The van der Waals surface area contributed by atoms with Gasteiger partial charge in [0.1, 0.15) is 0 Å². The highest BCUT2D eigenvalue weighted by molar-refractivity contribution is 7.08. The fourth-order valence-electron chi connectivity index (χ4n) is 1.35. The lowest BCUT2D eigenvalue weighted by atomic mass is 10.2. The largest absolute Gasteiger partial charge is 0.324 e. The van der Waals surface area contributed by atoms with Gasteiger partial charge in [-0.05, 0) is 41.7 Å². The molecule has 1 fully saturated rings. The van der Waals surface area contributed by atoms with Gasteiger partial charge in [0, 0.05) is 18.6 Å². The average molecular weight is 196 g/mol. The van der Waals surface area contributed by atoms with E-state index < -0.39 is 0 Å². The summed E-state index contributed by atoms with van der Waals surface area (Å²) < 4.78 is 0. The zero-order valence-electron chi connectivity index (χ0n) is 7.97. The molecule has 3 heteroatoms. The van der Waals surface area contributed by atoms with Crippen LogP contribution >= 0.6 is 11.3 Å². The molecule has 3 N–H and O–H groups in total. The summed E-state index contributed by atoms with van der Waals surface area (Å²) in [5.74, 6) is 0. The van der Waals surface area contributed by atoms with Crippen LogP contribution < -0.4 is 11.1 Å². The van der Waals surface area contributed by atoms with E-state index in [9.17, 15) is 0 Å². The fourth-order valence-corrected chi connectivity index (χ4v) is 2.21. The van der Waals surface area contributed by atoms with Gasteiger partial charge in [-0.25, -0.2) is 0 Å². The van der Waals surface area contributed by atoms with Crippen LogP contribution in [0.25, 0.3) is 0 Å². The monoisotopic (exact) mass is 196 g/mol. The Morgan fingerprint density at radius 1 is 1.54 bits per heavy atom. The van der Waals surface area contributed by atoms with Crippen molar-refractivity contribution in [1.29, 1.82) is 0 Å². The van der Waals surface area contributed by atoms with Crippen LogP contribution in [0.15, 0.2) is 10.8 Å². The predicted octanol–water partition coefficient (Wildman–Crippen LogP) is 1.64. The van der Waals surface area contributed by atoms with Gasteiger partial charge in [-0.15, -0.1) is 0 Å². The van der Waals surface area contributed by atoms with Crippen molar-refractivity contribution >= 4 is 11.3 Å². The highest BCUT2D eigenvalue weighted by Crippen LogP contribution is 2.31. The third-order valence-electron chi connectivity index (χ3n) is 2.65. The van der Waals surface area contributed by atoms with Crippen LogP contribution in [0.3, 0.4) is 0 Å². The Bertz CT molecular complexity index is 289. The van der Waals surface area contributed by atoms with Gasteiger partial charge in [0.25, 0.3) is 0 Å². The van der Waals surface area contributed by atoms with Crippen LogP contribution in [-0.4, -0.2) is 12.1 Å². The SMILES string of the molecule is Cc1cscc1CNCC1(N)CC1. The van der Waals surface area contributed by atoms with Crippen LogP contribution in [0.5, 0.6) is 0 Å². The first kappa shape index (κ1) is 9.19. The van der Waals surface area contributed by atoms with E-state index in [1.165, 1.54) is 24.0 Å². The lowest BCUT2D eigenvalue weighted by Gasteiger charge is -2.09. The molecule has 0 aromatic carbocycles. The van der Waals surface area contributed by atoms with E-state index in [-0.39, 0.29) is 5.54 Å². The molecule has 2 rings (SSSR count). The maximum Gasteiger partial charge on any atom is 0.0282 e. The molecule has 0 saturated heterocycles. The number of hydrogen-bond acceptors (Lipinski definition) is 3. The Kier molecular flexibility index (Phi) is 2.41. The molecular formula is C10H16N2S. The highest BCUT2D eigenvalue weighted by atomic mass is 32.1. The van der Waals surface area contributed by atoms with Gasteiger partial charge in [0.15, 0.2) is 0 Å². The summed E-state index contributed by atoms with van der Waals surface area (Å²) in [5.41, 5.74) is 8.89. The minimum Gasteiger partial charge on any atom is -0.324 e. The van der Waals surface area contributed by atoms with Gasteiger partial charge in [0.05, 0.1) is 0 Å². The van der Waals surface area contributed by atoms with E-state index in [1.54, 1.807) is 11.3 Å². The normalized spacial score (nSPS) is 18.9. The first-order valence-corrected chi connectivity index (χ1v) is 5.65. The smallest absolute Gasteiger partial charge is 0.0282 e. The number of nitrogens with one attached hydrogen (secondary N) is 1. The van der Waals surface area contributed by atoms with Crippen molar-refractivity contribution in [2.45, 2.75) is 31.8 Å². The molecule has 0 unspecified atom stereocenters. The molecule has 0 spiro atoms. The number of thiophene rings is 1. The molecule has 0 atom stereocenters. The Balaban J connectivity index is 1.77. The first-order valence-electron chi connectivity index (χ1n) is 4.71.